The van der Waals surface area contributed by atoms with Gasteiger partial charge in [0.15, 0.2) is 6.61 Å². The zero-order valence-electron chi connectivity index (χ0n) is 13.7. The molecule has 25 heavy (non-hydrogen) atoms. The number of aryl methyl sites for hydroxylation is 1. The topological polar surface area (TPSA) is 96.4 Å². The average molecular weight is 353 g/mol. The number of anilines is 1. The number of nitrogens with two attached hydrogens (primary N) is 1. The summed E-state index contributed by atoms with van der Waals surface area (Å²) in [5.74, 6) is -3.88. The summed E-state index contributed by atoms with van der Waals surface area (Å²) in [6, 6.07) is 3.02. The van der Waals surface area contributed by atoms with Crippen LogP contribution in [-0.4, -0.2) is 41.9 Å². The first-order valence-electron chi connectivity index (χ1n) is 7.33. The van der Waals surface area contributed by atoms with Gasteiger partial charge in [-0.25, -0.2) is 18.3 Å². The van der Waals surface area contributed by atoms with Crippen LogP contribution < -0.4 is 5.73 Å². The summed E-state index contributed by atoms with van der Waals surface area (Å²) in [5.41, 5.74) is 5.40. The molecule has 1 aromatic carbocycles. The summed E-state index contributed by atoms with van der Waals surface area (Å²) in [4.78, 5) is 24.1. The van der Waals surface area contributed by atoms with Crippen molar-refractivity contribution in [3.8, 4) is 0 Å². The van der Waals surface area contributed by atoms with Crippen molar-refractivity contribution >= 4 is 17.6 Å². The molecule has 0 fully saturated rings. The van der Waals surface area contributed by atoms with Crippen LogP contribution in [0.4, 0.5) is 14.6 Å². The van der Waals surface area contributed by atoms with Crippen molar-refractivity contribution in [2.75, 3.05) is 26.1 Å². The van der Waals surface area contributed by atoms with Crippen LogP contribution in [0.3, 0.4) is 0 Å². The van der Waals surface area contributed by atoms with Crippen molar-refractivity contribution in [2.45, 2.75) is 13.5 Å². The highest BCUT2D eigenvalue weighted by molar-refractivity contribution is 6.01. The van der Waals surface area contributed by atoms with E-state index in [1.165, 1.54) is 11.8 Å². The first kappa shape index (κ1) is 18.5. The minimum atomic E-state index is -1.02. The highest BCUT2D eigenvalue weighted by atomic mass is 19.1. The maximum atomic E-state index is 13.6. The number of ether oxygens (including phenoxy) is 2. The normalized spacial score (nSPS) is 10.7. The molecule has 9 heteroatoms. The van der Waals surface area contributed by atoms with E-state index in [1.54, 1.807) is 6.92 Å². The van der Waals surface area contributed by atoms with E-state index in [0.717, 1.165) is 18.2 Å². The third kappa shape index (κ3) is 4.00. The van der Waals surface area contributed by atoms with E-state index in [1.807, 2.05) is 0 Å². The predicted octanol–water partition coefficient (Wildman–Crippen LogP) is 1.74. The lowest BCUT2D eigenvalue weighted by molar-refractivity contribution is 0.0472. The van der Waals surface area contributed by atoms with E-state index in [4.69, 9.17) is 15.2 Å². The van der Waals surface area contributed by atoms with Crippen LogP contribution in [0.25, 0.3) is 0 Å². The van der Waals surface area contributed by atoms with E-state index < -0.39 is 35.6 Å². The number of esters is 1. The van der Waals surface area contributed by atoms with Gasteiger partial charge < -0.3 is 15.2 Å². The third-order valence-corrected chi connectivity index (χ3v) is 3.45. The zero-order chi connectivity index (χ0) is 18.6. The number of Topliss-reactive ketones (excluding diaryl/α,β-unsaturated/α-hetero) is 1. The summed E-state index contributed by atoms with van der Waals surface area (Å²) in [6.45, 7) is 1.40. The lowest BCUT2D eigenvalue weighted by atomic mass is 10.1. The SMILES string of the molecule is COCCn1nc(C)c(C(=O)OCC(=O)c2c(F)cccc2F)c1N. The molecule has 0 aliphatic heterocycles. The number of rotatable bonds is 7. The maximum Gasteiger partial charge on any atom is 0.344 e. The molecule has 0 saturated heterocycles. The Hall–Kier alpha value is -2.81. The smallest absolute Gasteiger partial charge is 0.344 e. The fraction of sp³-hybridized carbons (Fsp3) is 0.312. The summed E-state index contributed by atoms with van der Waals surface area (Å²) in [6.07, 6.45) is 0. The number of benzene rings is 1. The Kier molecular flexibility index (Phi) is 5.81. The number of hydrogen-bond donors (Lipinski definition) is 1. The summed E-state index contributed by atoms with van der Waals surface area (Å²) in [7, 11) is 1.51. The van der Waals surface area contributed by atoms with Crippen LogP contribution >= 0.6 is 0 Å². The van der Waals surface area contributed by atoms with Crippen LogP contribution in [0.1, 0.15) is 26.4 Å². The Balaban J connectivity index is 2.10. The third-order valence-electron chi connectivity index (χ3n) is 3.45. The minimum absolute atomic E-state index is 0.00194. The van der Waals surface area contributed by atoms with Gasteiger partial charge in [0.25, 0.3) is 0 Å². The Morgan fingerprint density at radius 1 is 1.24 bits per heavy atom. The van der Waals surface area contributed by atoms with E-state index in [0.29, 0.717) is 18.8 Å². The van der Waals surface area contributed by atoms with Crippen molar-refractivity contribution in [1.82, 2.24) is 9.78 Å². The molecule has 0 radical (unpaired) electrons. The molecule has 0 bridgehead atoms. The highest BCUT2D eigenvalue weighted by Gasteiger charge is 2.23. The highest BCUT2D eigenvalue weighted by Crippen LogP contribution is 2.18. The van der Waals surface area contributed by atoms with Gasteiger partial charge in [0.1, 0.15) is 23.0 Å². The van der Waals surface area contributed by atoms with Crippen molar-refractivity contribution in [2.24, 2.45) is 0 Å². The summed E-state index contributed by atoms with van der Waals surface area (Å²) >= 11 is 0. The summed E-state index contributed by atoms with van der Waals surface area (Å²) < 4.78 is 38.2. The molecule has 0 aliphatic rings. The van der Waals surface area contributed by atoms with Gasteiger partial charge in [0.05, 0.1) is 24.4 Å². The van der Waals surface area contributed by atoms with Gasteiger partial charge in [-0.1, -0.05) is 6.07 Å². The van der Waals surface area contributed by atoms with Crippen molar-refractivity contribution < 1.29 is 27.8 Å². The Labute approximate surface area is 142 Å². The summed E-state index contributed by atoms with van der Waals surface area (Å²) in [5, 5.41) is 4.09. The fourth-order valence-corrected chi connectivity index (χ4v) is 2.24. The van der Waals surface area contributed by atoms with Gasteiger partial charge >= 0.3 is 5.97 Å². The van der Waals surface area contributed by atoms with Gasteiger partial charge in [-0.3, -0.25) is 4.79 Å². The standard InChI is InChI=1S/C16H17F2N3O4/c1-9-13(15(19)21(20-9)6-7-24-2)16(23)25-8-12(22)14-10(17)4-3-5-11(14)18/h3-5H,6-8,19H2,1-2H3. The lowest BCUT2D eigenvalue weighted by Crippen LogP contribution is -2.18. The van der Waals surface area contributed by atoms with Crippen molar-refractivity contribution in [1.29, 1.82) is 0 Å². The van der Waals surface area contributed by atoms with Crippen molar-refractivity contribution in [3.05, 3.63) is 46.7 Å². The second-order valence-corrected chi connectivity index (χ2v) is 5.16. The number of hydrogen-bond acceptors (Lipinski definition) is 6. The number of halogens is 2. The maximum absolute atomic E-state index is 13.6. The number of ketones is 1. The Morgan fingerprint density at radius 3 is 2.48 bits per heavy atom. The van der Waals surface area contributed by atoms with Crippen LogP contribution in [-0.2, 0) is 16.0 Å². The molecule has 0 aliphatic carbocycles. The number of carbonyl (C=O) groups excluding carboxylic acids is 2. The van der Waals surface area contributed by atoms with Crippen LogP contribution in [0, 0.1) is 18.6 Å². The van der Waals surface area contributed by atoms with Crippen LogP contribution in [0.15, 0.2) is 18.2 Å². The first-order valence-corrected chi connectivity index (χ1v) is 7.33. The fourth-order valence-electron chi connectivity index (χ4n) is 2.24. The molecule has 2 N–H and O–H groups in total. The van der Waals surface area contributed by atoms with Crippen molar-refractivity contribution in [3.63, 3.8) is 0 Å². The molecular weight excluding hydrogens is 336 g/mol. The quantitative estimate of drug-likeness (QED) is 0.602. The van der Waals surface area contributed by atoms with Crippen LogP contribution in [0.5, 0.6) is 0 Å². The molecule has 0 amide bonds. The molecule has 0 unspecified atom stereocenters. The molecule has 7 nitrogen and oxygen atoms in total. The molecule has 2 rings (SSSR count). The molecule has 0 spiro atoms. The second-order valence-electron chi connectivity index (χ2n) is 5.16. The van der Waals surface area contributed by atoms with Gasteiger partial charge in [-0.05, 0) is 19.1 Å². The van der Waals surface area contributed by atoms with Gasteiger partial charge in [-0.2, -0.15) is 5.10 Å². The number of carbonyl (C=O) groups is 2. The number of nitrogen functional groups attached to an aromatic ring is 1. The molecule has 1 aromatic heterocycles. The van der Waals surface area contributed by atoms with Gasteiger partial charge in [-0.15, -0.1) is 0 Å². The minimum Gasteiger partial charge on any atom is -0.454 e. The molecule has 0 atom stereocenters. The van der Waals surface area contributed by atoms with Crippen LogP contribution in [0.2, 0.25) is 0 Å². The molecule has 134 valence electrons. The Bertz CT molecular complexity index is 785. The first-order chi connectivity index (χ1) is 11.9. The molecule has 2 aromatic rings. The van der Waals surface area contributed by atoms with E-state index in [-0.39, 0.29) is 11.4 Å². The zero-order valence-corrected chi connectivity index (χ0v) is 13.7. The monoisotopic (exact) mass is 353 g/mol. The number of methoxy groups -OCH3 is 1. The molecule has 0 saturated carbocycles. The van der Waals surface area contributed by atoms with E-state index >= 15 is 0 Å². The van der Waals surface area contributed by atoms with E-state index in [2.05, 4.69) is 5.10 Å². The average Bonchev–Trinajstić information content (AvgIpc) is 2.84. The number of aromatic nitrogens is 2. The number of nitrogens with zero attached hydrogens (tertiary/aromatic N) is 2. The second kappa shape index (κ2) is 7.84. The van der Waals surface area contributed by atoms with Gasteiger partial charge in [0, 0.05) is 7.11 Å². The largest absolute Gasteiger partial charge is 0.454 e. The Morgan fingerprint density at radius 2 is 1.88 bits per heavy atom. The lowest BCUT2D eigenvalue weighted by Gasteiger charge is -2.07. The van der Waals surface area contributed by atoms with Gasteiger partial charge in [0.2, 0.25) is 5.78 Å². The molecular formula is C16H17F2N3O4. The molecule has 1 heterocycles. The predicted molar refractivity (Wildman–Crippen MR) is 84.2 cm³/mol. The van der Waals surface area contributed by atoms with E-state index in [9.17, 15) is 18.4 Å².